The fourth-order valence-electron chi connectivity index (χ4n) is 3.36. The first-order valence-corrected chi connectivity index (χ1v) is 12.0. The predicted molar refractivity (Wildman–Crippen MR) is 126 cm³/mol. The molecule has 1 atom stereocenters. The summed E-state index contributed by atoms with van der Waals surface area (Å²) in [7, 11) is -1.03. The van der Waals surface area contributed by atoms with Crippen LogP contribution in [0.1, 0.15) is 38.4 Å². The second kappa shape index (κ2) is 9.53. The monoisotopic (exact) mass is 446 g/mol. The molecule has 6 nitrogen and oxygen atoms in total. The first-order valence-electron chi connectivity index (χ1n) is 10.7. The van der Waals surface area contributed by atoms with Crippen molar-refractivity contribution in [2.24, 2.45) is 0 Å². The molecule has 0 fully saturated rings. The number of benzene rings is 2. The summed E-state index contributed by atoms with van der Waals surface area (Å²) < 4.78 is 18.2. The van der Waals surface area contributed by atoms with E-state index in [9.17, 15) is 4.21 Å². The third kappa shape index (κ3) is 4.67. The van der Waals surface area contributed by atoms with E-state index >= 15 is 0 Å². The van der Waals surface area contributed by atoms with Gasteiger partial charge in [0.1, 0.15) is 5.69 Å². The number of rotatable bonds is 7. The van der Waals surface area contributed by atoms with Gasteiger partial charge >= 0.3 is 0 Å². The molecule has 0 spiro atoms. The van der Waals surface area contributed by atoms with Crippen LogP contribution in [0.3, 0.4) is 0 Å². The van der Waals surface area contributed by atoms with Crippen LogP contribution in [0.15, 0.2) is 64.0 Å². The van der Waals surface area contributed by atoms with Crippen LogP contribution < -0.4 is 0 Å². The molecule has 0 aliphatic rings. The zero-order chi connectivity index (χ0) is 22.7. The average Bonchev–Trinajstić information content (AvgIpc) is 3.30. The maximum absolute atomic E-state index is 12.3. The highest BCUT2D eigenvalue weighted by Crippen LogP contribution is 2.27. The Bertz CT molecular complexity index is 1230. The van der Waals surface area contributed by atoms with Gasteiger partial charge in [-0.25, -0.2) is 4.98 Å². The Morgan fingerprint density at radius 2 is 1.59 bits per heavy atom. The number of hydrogen-bond donors (Lipinski definition) is 0. The van der Waals surface area contributed by atoms with E-state index in [2.05, 4.69) is 34.2 Å². The molecule has 0 N–H and O–H groups in total. The fourth-order valence-corrected chi connectivity index (χ4v) is 4.31. The molecule has 2 aromatic carbocycles. The molecule has 7 heteroatoms. The first kappa shape index (κ1) is 22.0. The van der Waals surface area contributed by atoms with Gasteiger partial charge in [0.05, 0.1) is 28.4 Å². The topological polar surface area (TPSA) is 81.8 Å². The molecule has 0 aliphatic carbocycles. The maximum Gasteiger partial charge on any atom is 0.268 e. The summed E-state index contributed by atoms with van der Waals surface area (Å²) in [5, 5.41) is 8.50. The van der Waals surface area contributed by atoms with E-state index in [1.54, 1.807) is 6.20 Å². The summed E-state index contributed by atoms with van der Waals surface area (Å²) >= 11 is 0. The maximum atomic E-state index is 12.3. The molecule has 32 heavy (non-hydrogen) atoms. The van der Waals surface area contributed by atoms with Gasteiger partial charge in [-0.05, 0) is 43.2 Å². The van der Waals surface area contributed by atoms with E-state index in [-0.39, 0.29) is 5.25 Å². The van der Waals surface area contributed by atoms with Gasteiger partial charge in [-0.2, -0.15) is 0 Å². The van der Waals surface area contributed by atoms with Crippen LogP contribution in [0.5, 0.6) is 0 Å². The molecule has 0 radical (unpaired) electrons. The summed E-state index contributed by atoms with van der Waals surface area (Å²) in [4.78, 5) is 10.0. The van der Waals surface area contributed by atoms with Gasteiger partial charge in [0.15, 0.2) is 0 Å². The predicted octanol–water partition coefficient (Wildman–Crippen LogP) is 5.64. The lowest BCUT2D eigenvalue weighted by atomic mass is 10.1. The molecule has 2 aromatic heterocycles. The number of hydrogen-bond acceptors (Lipinski definition) is 6. The number of aromatic nitrogens is 4. The zero-order valence-corrected chi connectivity index (χ0v) is 19.5. The highest BCUT2D eigenvalue weighted by molar-refractivity contribution is 7.85. The number of aryl methyl sites for hydroxylation is 2. The highest BCUT2D eigenvalue weighted by atomic mass is 32.2. The van der Waals surface area contributed by atoms with Gasteiger partial charge in [-0.15, -0.1) is 10.2 Å². The minimum absolute atomic E-state index is 0.0705. The summed E-state index contributed by atoms with van der Waals surface area (Å²) in [6.07, 6.45) is 3.87. The van der Waals surface area contributed by atoms with Crippen LogP contribution in [0, 0.1) is 6.92 Å². The second-order valence-corrected chi connectivity index (χ2v) is 9.93. The van der Waals surface area contributed by atoms with E-state index in [1.165, 1.54) is 5.56 Å². The van der Waals surface area contributed by atoms with Gasteiger partial charge in [0.25, 0.3) is 5.89 Å². The number of nitrogens with zero attached hydrogens (tertiary/aromatic N) is 4. The molecule has 1 unspecified atom stereocenters. The van der Waals surface area contributed by atoms with Crippen molar-refractivity contribution in [1.82, 2.24) is 20.2 Å². The Kier molecular flexibility index (Phi) is 6.55. The smallest absolute Gasteiger partial charge is 0.268 e. The molecule has 4 rings (SSSR count). The van der Waals surface area contributed by atoms with Crippen molar-refractivity contribution >= 4 is 10.8 Å². The highest BCUT2D eigenvalue weighted by Gasteiger charge is 2.16. The van der Waals surface area contributed by atoms with Gasteiger partial charge in [0.2, 0.25) is 5.89 Å². The Balaban J connectivity index is 1.62. The van der Waals surface area contributed by atoms with Crippen LogP contribution in [0.25, 0.3) is 34.3 Å². The average molecular weight is 447 g/mol. The molecule has 0 saturated heterocycles. The van der Waals surface area contributed by atoms with Gasteiger partial charge < -0.3 is 4.42 Å². The van der Waals surface area contributed by atoms with Crippen LogP contribution >= 0.6 is 0 Å². The van der Waals surface area contributed by atoms with E-state index in [4.69, 9.17) is 9.40 Å². The third-order valence-corrected chi connectivity index (χ3v) is 6.73. The second-order valence-electron chi connectivity index (χ2n) is 7.92. The van der Waals surface area contributed by atoms with Gasteiger partial charge in [0, 0.05) is 21.3 Å². The first-order chi connectivity index (χ1) is 15.5. The molecule has 4 aromatic rings. The SMILES string of the molecule is CCCc1ccc(-c2nnc(-c3nc(-c4ccc(S(=O)C(C)C)cc4)cnc3C)o2)cc1. The Morgan fingerprint density at radius 1 is 0.938 bits per heavy atom. The summed E-state index contributed by atoms with van der Waals surface area (Å²) in [5.74, 6) is 0.789. The lowest BCUT2D eigenvalue weighted by Gasteiger charge is -2.08. The summed E-state index contributed by atoms with van der Waals surface area (Å²) in [6.45, 7) is 7.92. The Hall–Kier alpha value is -3.19. The molecule has 0 aliphatic heterocycles. The van der Waals surface area contributed by atoms with Crippen molar-refractivity contribution in [2.45, 2.75) is 50.7 Å². The standard InChI is InChI=1S/C25H26N4O2S/c1-5-6-18-7-9-20(10-8-18)24-28-29-25(31-24)23-17(4)26-15-22(27-23)19-11-13-21(14-12-19)32(30)16(2)3/h7-16H,5-6H2,1-4H3. The van der Waals surface area contributed by atoms with E-state index < -0.39 is 10.8 Å². The zero-order valence-electron chi connectivity index (χ0n) is 18.7. The van der Waals surface area contributed by atoms with Crippen LogP contribution in [0.4, 0.5) is 0 Å². The van der Waals surface area contributed by atoms with Crippen molar-refractivity contribution in [2.75, 3.05) is 0 Å². The molecule has 0 bridgehead atoms. The van der Waals surface area contributed by atoms with Crippen LogP contribution in [0.2, 0.25) is 0 Å². The van der Waals surface area contributed by atoms with Crippen LogP contribution in [-0.2, 0) is 17.2 Å². The van der Waals surface area contributed by atoms with Crippen LogP contribution in [-0.4, -0.2) is 29.6 Å². The summed E-state index contributed by atoms with van der Waals surface area (Å²) in [6, 6.07) is 15.7. The van der Waals surface area contributed by atoms with Gasteiger partial charge in [-0.1, -0.05) is 51.5 Å². The Labute approximate surface area is 190 Å². The fraction of sp³-hybridized carbons (Fsp3) is 0.280. The molecule has 0 saturated carbocycles. The summed E-state index contributed by atoms with van der Waals surface area (Å²) in [5.41, 5.74) is 5.00. The normalized spacial score (nSPS) is 12.3. The van der Waals surface area contributed by atoms with Crippen molar-refractivity contribution in [1.29, 1.82) is 0 Å². The van der Waals surface area contributed by atoms with Crippen molar-refractivity contribution < 1.29 is 8.63 Å². The molecule has 0 amide bonds. The lowest BCUT2D eigenvalue weighted by Crippen LogP contribution is -2.05. The van der Waals surface area contributed by atoms with Crippen molar-refractivity contribution in [3.63, 3.8) is 0 Å². The molecule has 2 heterocycles. The Morgan fingerprint density at radius 3 is 2.25 bits per heavy atom. The van der Waals surface area contributed by atoms with E-state index in [1.807, 2.05) is 57.2 Å². The minimum Gasteiger partial charge on any atom is -0.415 e. The van der Waals surface area contributed by atoms with E-state index in [0.717, 1.165) is 28.9 Å². The van der Waals surface area contributed by atoms with E-state index in [0.29, 0.717) is 28.9 Å². The minimum atomic E-state index is -1.03. The third-order valence-electron chi connectivity index (χ3n) is 5.13. The van der Waals surface area contributed by atoms with Crippen molar-refractivity contribution in [3.05, 3.63) is 66.0 Å². The lowest BCUT2D eigenvalue weighted by molar-refractivity contribution is 0.581. The quantitative estimate of drug-likeness (QED) is 0.365. The molecule has 164 valence electrons. The molecular formula is C25H26N4O2S. The van der Waals surface area contributed by atoms with Gasteiger partial charge in [-0.3, -0.25) is 9.19 Å². The largest absolute Gasteiger partial charge is 0.415 e. The molecular weight excluding hydrogens is 420 g/mol. The van der Waals surface area contributed by atoms with Crippen molar-refractivity contribution in [3.8, 4) is 34.3 Å².